The number of para-hydroxylation sites is 1. The number of nitrogens with zero attached hydrogens (tertiary/aromatic N) is 2. The quantitative estimate of drug-likeness (QED) is 0.187. The second-order valence-electron chi connectivity index (χ2n) is 12.0. The van der Waals surface area contributed by atoms with E-state index in [0.29, 0.717) is 5.89 Å². The molecular formula is C45H30N2O. The molecule has 0 spiro atoms. The molecule has 0 saturated carbocycles. The molecule has 0 unspecified atom stereocenters. The molecule has 1 heterocycles. The molecule has 0 amide bonds. The van der Waals surface area contributed by atoms with Crippen molar-refractivity contribution in [1.82, 2.24) is 4.98 Å². The van der Waals surface area contributed by atoms with Crippen LogP contribution in [-0.4, -0.2) is 4.98 Å². The number of rotatable bonds is 6. The molecule has 0 bridgehead atoms. The lowest BCUT2D eigenvalue weighted by Crippen LogP contribution is -2.09. The Bertz CT molecular complexity index is 2540. The van der Waals surface area contributed by atoms with E-state index in [4.69, 9.17) is 9.40 Å². The van der Waals surface area contributed by atoms with Gasteiger partial charge in [0.2, 0.25) is 5.89 Å². The molecule has 48 heavy (non-hydrogen) atoms. The van der Waals surface area contributed by atoms with Crippen molar-refractivity contribution in [3.8, 4) is 33.7 Å². The molecule has 0 aliphatic carbocycles. The highest BCUT2D eigenvalue weighted by Crippen LogP contribution is 2.40. The van der Waals surface area contributed by atoms with Crippen molar-refractivity contribution in [3.05, 3.63) is 182 Å². The third-order valence-electron chi connectivity index (χ3n) is 9.06. The van der Waals surface area contributed by atoms with Crippen molar-refractivity contribution < 1.29 is 4.42 Å². The zero-order valence-electron chi connectivity index (χ0n) is 26.1. The Morgan fingerprint density at radius 2 is 1.00 bits per heavy atom. The summed E-state index contributed by atoms with van der Waals surface area (Å²) in [7, 11) is 0. The molecule has 3 heteroatoms. The Morgan fingerprint density at radius 3 is 1.77 bits per heavy atom. The molecule has 9 rings (SSSR count). The Labute approximate surface area is 279 Å². The molecule has 0 aliphatic heterocycles. The predicted molar refractivity (Wildman–Crippen MR) is 200 cm³/mol. The Balaban J connectivity index is 1.16. The van der Waals surface area contributed by atoms with Crippen LogP contribution in [0.1, 0.15) is 0 Å². The zero-order valence-corrected chi connectivity index (χ0v) is 26.1. The van der Waals surface area contributed by atoms with Crippen LogP contribution in [0.5, 0.6) is 0 Å². The maximum atomic E-state index is 6.48. The fraction of sp³-hybridized carbons (Fsp3) is 0. The van der Waals surface area contributed by atoms with Gasteiger partial charge in [0, 0.05) is 28.0 Å². The second kappa shape index (κ2) is 11.7. The van der Waals surface area contributed by atoms with Gasteiger partial charge in [0.25, 0.3) is 0 Å². The van der Waals surface area contributed by atoms with Gasteiger partial charge in [0.05, 0.1) is 0 Å². The van der Waals surface area contributed by atoms with Crippen molar-refractivity contribution in [2.75, 3.05) is 4.90 Å². The van der Waals surface area contributed by atoms with Gasteiger partial charge >= 0.3 is 0 Å². The lowest BCUT2D eigenvalue weighted by molar-refractivity contribution is 0.623. The fourth-order valence-corrected chi connectivity index (χ4v) is 6.70. The monoisotopic (exact) mass is 614 g/mol. The third-order valence-corrected chi connectivity index (χ3v) is 9.06. The smallest absolute Gasteiger partial charge is 0.227 e. The largest absolute Gasteiger partial charge is 0.435 e. The first-order chi connectivity index (χ1) is 23.8. The fourth-order valence-electron chi connectivity index (χ4n) is 6.70. The van der Waals surface area contributed by atoms with Gasteiger partial charge in [-0.2, -0.15) is 0 Å². The second-order valence-corrected chi connectivity index (χ2v) is 12.0. The van der Waals surface area contributed by atoms with Crippen molar-refractivity contribution in [2.24, 2.45) is 0 Å². The Morgan fingerprint density at radius 1 is 0.396 bits per heavy atom. The van der Waals surface area contributed by atoms with Crippen molar-refractivity contribution in [2.45, 2.75) is 0 Å². The van der Waals surface area contributed by atoms with Crippen molar-refractivity contribution in [1.29, 1.82) is 0 Å². The van der Waals surface area contributed by atoms with Gasteiger partial charge in [-0.3, -0.25) is 0 Å². The number of fused-ring (bicyclic) bond motifs is 4. The summed E-state index contributed by atoms with van der Waals surface area (Å²) in [6, 6.07) is 64.0. The number of aromatic nitrogens is 1. The van der Waals surface area contributed by atoms with E-state index in [1.807, 2.05) is 30.3 Å². The van der Waals surface area contributed by atoms with Crippen molar-refractivity contribution >= 4 is 49.7 Å². The van der Waals surface area contributed by atoms with E-state index in [1.165, 1.54) is 21.9 Å². The van der Waals surface area contributed by atoms with E-state index in [1.54, 1.807) is 0 Å². The molecule has 0 N–H and O–H groups in total. The van der Waals surface area contributed by atoms with Crippen LogP contribution in [0.25, 0.3) is 66.4 Å². The minimum atomic E-state index is 0.633. The minimum absolute atomic E-state index is 0.633. The van der Waals surface area contributed by atoms with E-state index >= 15 is 0 Å². The lowest BCUT2D eigenvalue weighted by atomic mass is 9.95. The number of hydrogen-bond donors (Lipinski definition) is 0. The number of benzene rings is 8. The van der Waals surface area contributed by atoms with Crippen molar-refractivity contribution in [3.63, 3.8) is 0 Å². The van der Waals surface area contributed by atoms with Crippen LogP contribution in [0.3, 0.4) is 0 Å². The summed E-state index contributed by atoms with van der Waals surface area (Å²) in [5.41, 5.74) is 10.6. The van der Waals surface area contributed by atoms with Crippen LogP contribution >= 0.6 is 0 Å². The average molecular weight is 615 g/mol. The van der Waals surface area contributed by atoms with Gasteiger partial charge in [0.15, 0.2) is 5.58 Å². The zero-order chi connectivity index (χ0) is 31.9. The summed E-state index contributed by atoms with van der Waals surface area (Å²) in [5, 5.41) is 4.55. The molecule has 0 aliphatic rings. The van der Waals surface area contributed by atoms with E-state index < -0.39 is 0 Å². The molecule has 226 valence electrons. The van der Waals surface area contributed by atoms with Crippen LogP contribution < -0.4 is 4.90 Å². The summed E-state index contributed by atoms with van der Waals surface area (Å²) < 4.78 is 6.48. The van der Waals surface area contributed by atoms with E-state index in [2.05, 4.69) is 157 Å². The van der Waals surface area contributed by atoms with E-state index in [-0.39, 0.29) is 0 Å². The van der Waals surface area contributed by atoms with Gasteiger partial charge in [-0.1, -0.05) is 121 Å². The Kier molecular flexibility index (Phi) is 6.80. The van der Waals surface area contributed by atoms with Crippen LogP contribution in [-0.2, 0) is 0 Å². The SMILES string of the molecule is c1ccc(-c2ccc(N(c3ccccc3)c3ccc4ccc(-c5cccc6ccc7nc(-c8ccccc8)oc7c56)cc4c3)cc2)cc1. The van der Waals surface area contributed by atoms with Crippen LogP contribution in [0, 0.1) is 0 Å². The van der Waals surface area contributed by atoms with Gasteiger partial charge in [0.1, 0.15) is 5.52 Å². The molecule has 8 aromatic carbocycles. The van der Waals surface area contributed by atoms with E-state index in [9.17, 15) is 0 Å². The number of hydrogen-bond acceptors (Lipinski definition) is 3. The molecule has 0 atom stereocenters. The standard InChI is InChI=1S/C45H30N2O/c1-4-11-31(12-5-1)32-21-25-39(26-22-32)47(38-16-8-3-9-17-38)40-27-23-33-19-20-36(29-37(33)30-40)41-18-10-15-34-24-28-42-44(43(34)41)48-45(46-42)35-13-6-2-7-14-35/h1-30H. The highest BCUT2D eigenvalue weighted by Gasteiger charge is 2.16. The molecule has 0 fully saturated rings. The van der Waals surface area contributed by atoms with E-state index in [0.717, 1.165) is 55.6 Å². The molecule has 9 aromatic rings. The highest BCUT2D eigenvalue weighted by molar-refractivity contribution is 6.12. The molecule has 1 aromatic heterocycles. The first kappa shape index (κ1) is 27.8. The van der Waals surface area contributed by atoms with Gasteiger partial charge in [-0.05, 0) is 99.1 Å². The predicted octanol–water partition coefficient (Wildman–Crippen LogP) is 12.6. The summed E-state index contributed by atoms with van der Waals surface area (Å²) in [6.07, 6.45) is 0. The van der Waals surface area contributed by atoms with Crippen LogP contribution in [0.4, 0.5) is 17.1 Å². The third kappa shape index (κ3) is 4.99. The normalized spacial score (nSPS) is 11.3. The average Bonchev–Trinajstić information content (AvgIpc) is 3.61. The summed E-state index contributed by atoms with van der Waals surface area (Å²) in [6.45, 7) is 0. The first-order valence-electron chi connectivity index (χ1n) is 16.2. The highest BCUT2D eigenvalue weighted by atomic mass is 16.3. The lowest BCUT2D eigenvalue weighted by Gasteiger charge is -2.26. The summed E-state index contributed by atoms with van der Waals surface area (Å²) in [4.78, 5) is 7.18. The number of oxazole rings is 1. The Hall–Kier alpha value is -6.45. The number of anilines is 3. The summed E-state index contributed by atoms with van der Waals surface area (Å²) >= 11 is 0. The first-order valence-corrected chi connectivity index (χ1v) is 16.2. The topological polar surface area (TPSA) is 29.3 Å². The summed E-state index contributed by atoms with van der Waals surface area (Å²) in [5.74, 6) is 0.633. The van der Waals surface area contributed by atoms with Crippen LogP contribution in [0.15, 0.2) is 186 Å². The molecule has 3 nitrogen and oxygen atoms in total. The minimum Gasteiger partial charge on any atom is -0.435 e. The molecular weight excluding hydrogens is 585 g/mol. The molecule has 0 radical (unpaired) electrons. The van der Waals surface area contributed by atoms with Gasteiger partial charge < -0.3 is 9.32 Å². The van der Waals surface area contributed by atoms with Gasteiger partial charge in [-0.15, -0.1) is 0 Å². The maximum absolute atomic E-state index is 6.48. The van der Waals surface area contributed by atoms with Crippen LogP contribution in [0.2, 0.25) is 0 Å². The van der Waals surface area contributed by atoms with Gasteiger partial charge in [-0.25, -0.2) is 4.98 Å². The maximum Gasteiger partial charge on any atom is 0.227 e. The molecule has 0 saturated heterocycles.